The Hall–Kier alpha value is -1.83. The Bertz CT molecular complexity index is 974. The van der Waals surface area contributed by atoms with Crippen LogP contribution in [0.25, 0.3) is 5.78 Å². The fourth-order valence-corrected chi connectivity index (χ4v) is 3.06. The van der Waals surface area contributed by atoms with Crippen molar-refractivity contribution in [2.24, 2.45) is 0 Å². The Balaban J connectivity index is 1.89. The number of thioether (sulfide) groups is 1. The molecule has 0 aliphatic rings. The molecular formula is C16H14Cl2N4O2S. The summed E-state index contributed by atoms with van der Waals surface area (Å²) in [5.74, 6) is 0.282. The van der Waals surface area contributed by atoms with E-state index in [0.717, 1.165) is 11.3 Å². The van der Waals surface area contributed by atoms with Crippen LogP contribution in [0.3, 0.4) is 0 Å². The molecule has 0 spiro atoms. The highest BCUT2D eigenvalue weighted by Gasteiger charge is 2.18. The number of fused-ring (bicyclic) bond motifs is 1. The first kappa shape index (κ1) is 18.0. The first-order chi connectivity index (χ1) is 11.9. The fourth-order valence-electron chi connectivity index (χ4n) is 2.40. The topological polar surface area (TPSA) is 69.4 Å². The quantitative estimate of drug-likeness (QED) is 0.378. The summed E-state index contributed by atoms with van der Waals surface area (Å²) >= 11 is 13.4. The third-order valence-corrected chi connectivity index (χ3v) is 5.01. The molecule has 9 heteroatoms. The Labute approximate surface area is 158 Å². The van der Waals surface area contributed by atoms with Gasteiger partial charge in [-0.2, -0.15) is 4.98 Å². The van der Waals surface area contributed by atoms with Crippen molar-refractivity contribution in [1.82, 2.24) is 19.6 Å². The van der Waals surface area contributed by atoms with Gasteiger partial charge in [0.05, 0.1) is 11.4 Å². The number of benzene rings is 1. The van der Waals surface area contributed by atoms with Gasteiger partial charge in [-0.15, -0.1) is 5.10 Å². The number of aryl methyl sites for hydroxylation is 2. The Morgan fingerprint density at radius 1 is 1.28 bits per heavy atom. The second kappa shape index (κ2) is 7.19. The van der Waals surface area contributed by atoms with E-state index in [1.807, 2.05) is 20.1 Å². The number of carbonyl (C=O) groups excluding carboxylic acids is 1. The lowest BCUT2D eigenvalue weighted by molar-refractivity contribution is -0.133. The monoisotopic (exact) mass is 396 g/mol. The average Bonchev–Trinajstić information content (AvgIpc) is 2.99. The van der Waals surface area contributed by atoms with Crippen LogP contribution in [0.1, 0.15) is 17.0 Å². The van der Waals surface area contributed by atoms with Crippen LogP contribution in [0.2, 0.25) is 10.0 Å². The molecule has 0 fully saturated rings. The minimum absolute atomic E-state index is 0.0396. The molecule has 0 atom stereocenters. The average molecular weight is 397 g/mol. The van der Waals surface area contributed by atoms with E-state index >= 15 is 0 Å². The molecule has 0 unspecified atom stereocenters. The van der Waals surface area contributed by atoms with Crippen molar-refractivity contribution in [2.45, 2.75) is 25.4 Å². The van der Waals surface area contributed by atoms with Crippen LogP contribution in [0.15, 0.2) is 23.4 Å². The third-order valence-electron chi connectivity index (χ3n) is 3.67. The Kier molecular flexibility index (Phi) is 5.17. The zero-order valence-electron chi connectivity index (χ0n) is 13.7. The van der Waals surface area contributed by atoms with Crippen LogP contribution in [-0.2, 0) is 11.2 Å². The SMILES string of the molecule is CSc1nc2nc(C)c(CC(=O)Oc3cccc(Cl)c3Cl)c(C)n2n1. The molecule has 1 aromatic carbocycles. The highest BCUT2D eigenvalue weighted by atomic mass is 35.5. The zero-order chi connectivity index (χ0) is 18.1. The molecule has 130 valence electrons. The molecule has 0 amide bonds. The van der Waals surface area contributed by atoms with Gasteiger partial charge in [-0.25, -0.2) is 9.50 Å². The van der Waals surface area contributed by atoms with Crippen LogP contribution in [0, 0.1) is 13.8 Å². The molecule has 0 saturated carbocycles. The van der Waals surface area contributed by atoms with Gasteiger partial charge >= 0.3 is 5.97 Å². The van der Waals surface area contributed by atoms with Gasteiger partial charge in [-0.3, -0.25) is 4.79 Å². The summed E-state index contributed by atoms with van der Waals surface area (Å²) in [4.78, 5) is 21.1. The lowest BCUT2D eigenvalue weighted by atomic mass is 10.1. The molecule has 0 radical (unpaired) electrons. The number of aromatic nitrogens is 4. The molecule has 2 heterocycles. The summed E-state index contributed by atoms with van der Waals surface area (Å²) in [6.07, 6.45) is 1.93. The Morgan fingerprint density at radius 3 is 2.76 bits per heavy atom. The zero-order valence-corrected chi connectivity index (χ0v) is 16.0. The number of rotatable bonds is 4. The number of ether oxygens (including phenoxy) is 1. The lowest BCUT2D eigenvalue weighted by Crippen LogP contribution is -2.16. The third kappa shape index (κ3) is 3.58. The summed E-state index contributed by atoms with van der Waals surface area (Å²) in [6, 6.07) is 4.89. The van der Waals surface area contributed by atoms with E-state index in [1.54, 1.807) is 22.7 Å². The number of hydrogen-bond donors (Lipinski definition) is 0. The molecule has 0 N–H and O–H groups in total. The normalized spacial score (nSPS) is 11.1. The summed E-state index contributed by atoms with van der Waals surface area (Å²) in [7, 11) is 0. The molecular weight excluding hydrogens is 383 g/mol. The molecule has 3 aromatic rings. The summed E-state index contributed by atoms with van der Waals surface area (Å²) in [5.41, 5.74) is 2.25. The van der Waals surface area contributed by atoms with Crippen LogP contribution in [0.5, 0.6) is 5.75 Å². The van der Waals surface area contributed by atoms with Crippen molar-refractivity contribution in [3.63, 3.8) is 0 Å². The second-order valence-electron chi connectivity index (χ2n) is 5.27. The van der Waals surface area contributed by atoms with Gasteiger partial charge < -0.3 is 4.74 Å². The maximum absolute atomic E-state index is 12.3. The number of hydrogen-bond acceptors (Lipinski definition) is 6. The van der Waals surface area contributed by atoms with Gasteiger partial charge in [-0.05, 0) is 32.2 Å². The number of esters is 1. The molecule has 25 heavy (non-hydrogen) atoms. The van der Waals surface area contributed by atoms with Crippen molar-refractivity contribution in [1.29, 1.82) is 0 Å². The van der Waals surface area contributed by atoms with Crippen molar-refractivity contribution in [2.75, 3.05) is 6.26 Å². The minimum Gasteiger partial charge on any atom is -0.425 e. The predicted molar refractivity (Wildman–Crippen MR) is 97.8 cm³/mol. The van der Waals surface area contributed by atoms with Gasteiger partial charge in [0.1, 0.15) is 5.02 Å². The lowest BCUT2D eigenvalue weighted by Gasteiger charge is -2.11. The number of nitrogens with zero attached hydrogens (tertiary/aromatic N) is 4. The van der Waals surface area contributed by atoms with E-state index in [0.29, 0.717) is 21.7 Å². The molecule has 6 nitrogen and oxygen atoms in total. The molecule has 3 rings (SSSR count). The van der Waals surface area contributed by atoms with Crippen LogP contribution in [-0.4, -0.2) is 31.8 Å². The highest BCUT2D eigenvalue weighted by Crippen LogP contribution is 2.31. The number of halogens is 2. The van der Waals surface area contributed by atoms with E-state index in [4.69, 9.17) is 27.9 Å². The van der Waals surface area contributed by atoms with Crippen LogP contribution < -0.4 is 4.74 Å². The standard InChI is InChI=1S/C16H14Cl2N4O2S/c1-8-10(9(2)22-15(19-8)20-16(21-22)25-3)7-13(23)24-12-6-4-5-11(17)14(12)18/h4-6H,7H2,1-3H3. The van der Waals surface area contributed by atoms with E-state index in [9.17, 15) is 4.79 Å². The maximum Gasteiger partial charge on any atom is 0.315 e. The summed E-state index contributed by atoms with van der Waals surface area (Å²) in [5, 5.41) is 5.53. The maximum atomic E-state index is 12.3. The van der Waals surface area contributed by atoms with Crippen molar-refractivity contribution < 1.29 is 9.53 Å². The second-order valence-corrected chi connectivity index (χ2v) is 6.83. The highest BCUT2D eigenvalue weighted by molar-refractivity contribution is 7.98. The molecule has 0 aliphatic carbocycles. The van der Waals surface area contributed by atoms with Gasteiger partial charge in [0.25, 0.3) is 5.78 Å². The van der Waals surface area contributed by atoms with Crippen molar-refractivity contribution in [3.05, 3.63) is 45.2 Å². The first-order valence-corrected chi connectivity index (χ1v) is 9.30. The van der Waals surface area contributed by atoms with Crippen LogP contribution in [0.4, 0.5) is 0 Å². The first-order valence-electron chi connectivity index (χ1n) is 7.32. The smallest absolute Gasteiger partial charge is 0.315 e. The van der Waals surface area contributed by atoms with Gasteiger partial charge in [0, 0.05) is 17.0 Å². The summed E-state index contributed by atoms with van der Waals surface area (Å²) in [6.45, 7) is 3.70. The van der Waals surface area contributed by atoms with Gasteiger partial charge in [0.2, 0.25) is 5.16 Å². The van der Waals surface area contributed by atoms with Gasteiger partial charge in [0.15, 0.2) is 5.75 Å². The summed E-state index contributed by atoms with van der Waals surface area (Å²) < 4.78 is 6.98. The van der Waals surface area contributed by atoms with E-state index < -0.39 is 5.97 Å². The molecule has 0 bridgehead atoms. The number of carbonyl (C=O) groups is 1. The van der Waals surface area contributed by atoms with E-state index in [-0.39, 0.29) is 17.2 Å². The van der Waals surface area contributed by atoms with Gasteiger partial charge in [-0.1, -0.05) is 41.0 Å². The molecule has 0 saturated heterocycles. The van der Waals surface area contributed by atoms with Crippen LogP contribution >= 0.6 is 35.0 Å². The van der Waals surface area contributed by atoms with Crippen molar-refractivity contribution in [3.8, 4) is 5.75 Å². The van der Waals surface area contributed by atoms with E-state index in [2.05, 4.69) is 15.1 Å². The minimum atomic E-state index is -0.457. The van der Waals surface area contributed by atoms with E-state index in [1.165, 1.54) is 11.8 Å². The fraction of sp³-hybridized carbons (Fsp3) is 0.250. The molecule has 2 aromatic heterocycles. The Morgan fingerprint density at radius 2 is 2.04 bits per heavy atom. The van der Waals surface area contributed by atoms with Crippen molar-refractivity contribution >= 4 is 46.7 Å². The molecule has 0 aliphatic heterocycles. The predicted octanol–water partition coefficient (Wildman–Crippen LogP) is 3.92. The largest absolute Gasteiger partial charge is 0.425 e.